The molecule has 0 aliphatic carbocycles. The van der Waals surface area contributed by atoms with Crippen LogP contribution in [0.4, 0.5) is 4.79 Å². The lowest BCUT2D eigenvalue weighted by Crippen LogP contribution is -2.36. The second-order valence-corrected chi connectivity index (χ2v) is 9.89. The molecule has 3 aromatic rings. The van der Waals surface area contributed by atoms with Crippen LogP contribution in [0.2, 0.25) is 0 Å². The molecule has 0 aliphatic rings. The monoisotopic (exact) mass is 501 g/mol. The lowest BCUT2D eigenvalue weighted by Gasteiger charge is -2.23. The summed E-state index contributed by atoms with van der Waals surface area (Å²) in [5.41, 5.74) is 3.40. The van der Waals surface area contributed by atoms with E-state index in [9.17, 15) is 14.4 Å². The highest BCUT2D eigenvalue weighted by Gasteiger charge is 2.30. The Morgan fingerprint density at radius 1 is 0.784 bits per heavy atom. The molecule has 3 rings (SSSR count). The highest BCUT2D eigenvalue weighted by molar-refractivity contribution is 5.99. The lowest BCUT2D eigenvalue weighted by atomic mass is 9.94. The molecule has 0 heterocycles. The van der Waals surface area contributed by atoms with Gasteiger partial charge in [-0.25, -0.2) is 4.79 Å². The zero-order valence-corrected chi connectivity index (χ0v) is 21.7. The van der Waals surface area contributed by atoms with Crippen LogP contribution in [0.5, 0.6) is 0 Å². The van der Waals surface area contributed by atoms with Crippen molar-refractivity contribution in [3.8, 4) is 11.1 Å². The summed E-state index contributed by atoms with van der Waals surface area (Å²) in [6, 6.07) is 27.5. The molecule has 0 spiro atoms. The molecule has 0 saturated carbocycles. The molecule has 3 aromatic carbocycles. The molecule has 0 aromatic heterocycles. The van der Waals surface area contributed by atoms with Crippen LogP contribution in [0, 0.1) is 5.92 Å². The molecular weight excluding hydrogens is 466 g/mol. The molecule has 1 atom stereocenters. The van der Waals surface area contributed by atoms with Gasteiger partial charge in [0.1, 0.15) is 23.9 Å². The summed E-state index contributed by atoms with van der Waals surface area (Å²) in [5.74, 6) is -1.74. The van der Waals surface area contributed by atoms with Gasteiger partial charge in [0.15, 0.2) is 0 Å². The third-order valence-electron chi connectivity index (χ3n) is 5.72. The van der Waals surface area contributed by atoms with Crippen molar-refractivity contribution < 1.29 is 23.9 Å². The zero-order valence-electron chi connectivity index (χ0n) is 21.7. The van der Waals surface area contributed by atoms with E-state index in [1.165, 1.54) is 0 Å². The zero-order chi connectivity index (χ0) is 26.7. The average Bonchev–Trinajstić information content (AvgIpc) is 2.89. The van der Waals surface area contributed by atoms with Gasteiger partial charge in [-0.1, -0.05) is 84.9 Å². The van der Waals surface area contributed by atoms with Crippen molar-refractivity contribution in [2.45, 2.75) is 52.2 Å². The minimum atomic E-state index is -0.961. The number of carbonyl (C=O) groups is 3. The Morgan fingerprint density at radius 2 is 1.38 bits per heavy atom. The van der Waals surface area contributed by atoms with Gasteiger partial charge >= 0.3 is 12.1 Å². The number of rotatable bonds is 11. The predicted octanol–water partition coefficient (Wildman–Crippen LogP) is 6.13. The topological polar surface area (TPSA) is 81.7 Å². The molecule has 6 heteroatoms. The number of hydrogen-bond acceptors (Lipinski definition) is 5. The number of Topliss-reactive ketones (excluding diaryl/α,β-unsaturated/α-hetero) is 1. The van der Waals surface area contributed by atoms with E-state index in [4.69, 9.17) is 9.47 Å². The highest BCUT2D eigenvalue weighted by Crippen LogP contribution is 2.21. The van der Waals surface area contributed by atoms with Crippen molar-refractivity contribution in [1.82, 2.24) is 5.32 Å². The second-order valence-electron chi connectivity index (χ2n) is 9.89. The minimum Gasteiger partial charge on any atom is -0.459 e. The SMILES string of the molecule is CC(C)(C)OC(=O)C(CCNC(=O)OCc1ccccc1)C(=O)CCc1ccc(-c2ccccc2)cc1. The average molecular weight is 502 g/mol. The number of nitrogens with one attached hydrogen (secondary N) is 1. The summed E-state index contributed by atoms with van der Waals surface area (Å²) < 4.78 is 10.7. The van der Waals surface area contributed by atoms with Crippen molar-refractivity contribution in [2.24, 2.45) is 5.92 Å². The van der Waals surface area contributed by atoms with Crippen LogP contribution < -0.4 is 5.32 Å². The molecule has 0 aliphatic heterocycles. The fourth-order valence-electron chi connectivity index (χ4n) is 3.81. The van der Waals surface area contributed by atoms with Crippen LogP contribution in [0.3, 0.4) is 0 Å². The molecule has 1 amide bonds. The van der Waals surface area contributed by atoms with E-state index in [0.717, 1.165) is 22.3 Å². The van der Waals surface area contributed by atoms with Gasteiger partial charge in [0.2, 0.25) is 0 Å². The number of benzene rings is 3. The Hall–Kier alpha value is -3.93. The molecule has 1 unspecified atom stereocenters. The lowest BCUT2D eigenvalue weighted by molar-refractivity contribution is -0.162. The van der Waals surface area contributed by atoms with Crippen molar-refractivity contribution in [1.29, 1.82) is 0 Å². The van der Waals surface area contributed by atoms with Crippen molar-refractivity contribution >= 4 is 17.8 Å². The van der Waals surface area contributed by atoms with Gasteiger partial charge in [-0.15, -0.1) is 0 Å². The van der Waals surface area contributed by atoms with Crippen LogP contribution in [0.1, 0.15) is 44.7 Å². The Morgan fingerprint density at radius 3 is 2.00 bits per heavy atom. The van der Waals surface area contributed by atoms with E-state index in [1.54, 1.807) is 20.8 Å². The Kier molecular flexibility index (Phi) is 10.0. The molecule has 0 bridgehead atoms. The van der Waals surface area contributed by atoms with Crippen LogP contribution in [-0.4, -0.2) is 30.0 Å². The number of ketones is 1. The fourth-order valence-corrected chi connectivity index (χ4v) is 3.81. The molecule has 1 N–H and O–H groups in total. The van der Waals surface area contributed by atoms with Crippen LogP contribution >= 0.6 is 0 Å². The maximum atomic E-state index is 13.1. The number of esters is 1. The Labute approximate surface area is 219 Å². The van der Waals surface area contributed by atoms with Gasteiger partial charge in [-0.3, -0.25) is 9.59 Å². The smallest absolute Gasteiger partial charge is 0.407 e. The summed E-state index contributed by atoms with van der Waals surface area (Å²) in [5, 5.41) is 2.63. The van der Waals surface area contributed by atoms with Gasteiger partial charge in [0, 0.05) is 13.0 Å². The number of aryl methyl sites for hydroxylation is 1. The van der Waals surface area contributed by atoms with Crippen LogP contribution in [0.15, 0.2) is 84.9 Å². The molecule has 0 fully saturated rings. The molecule has 0 radical (unpaired) electrons. The van der Waals surface area contributed by atoms with E-state index in [1.807, 2.05) is 72.8 Å². The van der Waals surface area contributed by atoms with Gasteiger partial charge in [-0.2, -0.15) is 0 Å². The third kappa shape index (κ3) is 9.56. The standard InChI is InChI=1S/C31H35NO5/c1-31(2,3)37-29(34)27(20-21-32-30(35)36-22-24-10-6-4-7-11-24)28(33)19-16-23-14-17-26(18-15-23)25-12-8-5-9-13-25/h4-15,17-18,27H,16,19-22H2,1-3H3,(H,32,35). The van der Waals surface area contributed by atoms with Crippen LogP contribution in [0.25, 0.3) is 11.1 Å². The van der Waals surface area contributed by atoms with E-state index in [2.05, 4.69) is 17.4 Å². The minimum absolute atomic E-state index is 0.120. The van der Waals surface area contributed by atoms with Crippen molar-refractivity contribution in [3.05, 3.63) is 96.1 Å². The number of ether oxygens (including phenoxy) is 2. The quantitative estimate of drug-likeness (QED) is 0.252. The Balaban J connectivity index is 1.53. The summed E-state index contributed by atoms with van der Waals surface area (Å²) in [7, 11) is 0. The first-order valence-corrected chi connectivity index (χ1v) is 12.6. The summed E-state index contributed by atoms with van der Waals surface area (Å²) in [4.78, 5) is 38.0. The highest BCUT2D eigenvalue weighted by atomic mass is 16.6. The fraction of sp³-hybridized carbons (Fsp3) is 0.323. The van der Waals surface area contributed by atoms with E-state index < -0.39 is 23.6 Å². The second kappa shape index (κ2) is 13.4. The number of hydrogen-bond donors (Lipinski definition) is 1. The molecule has 0 saturated heterocycles. The van der Waals surface area contributed by atoms with Crippen LogP contribution in [-0.2, 0) is 32.1 Å². The molecular formula is C31H35NO5. The summed E-state index contributed by atoms with van der Waals surface area (Å²) in [6.45, 7) is 5.55. The van der Waals surface area contributed by atoms with Gasteiger partial charge in [-0.05, 0) is 55.9 Å². The predicted molar refractivity (Wildman–Crippen MR) is 144 cm³/mol. The van der Waals surface area contributed by atoms with Gasteiger partial charge in [0.25, 0.3) is 0 Å². The van der Waals surface area contributed by atoms with E-state index >= 15 is 0 Å². The molecule has 37 heavy (non-hydrogen) atoms. The number of amides is 1. The van der Waals surface area contributed by atoms with E-state index in [-0.39, 0.29) is 31.8 Å². The maximum absolute atomic E-state index is 13.1. The van der Waals surface area contributed by atoms with Gasteiger partial charge in [0.05, 0.1) is 0 Å². The molecule has 194 valence electrons. The summed E-state index contributed by atoms with van der Waals surface area (Å²) >= 11 is 0. The first kappa shape index (κ1) is 27.7. The first-order chi connectivity index (χ1) is 17.7. The largest absolute Gasteiger partial charge is 0.459 e. The van der Waals surface area contributed by atoms with Crippen molar-refractivity contribution in [3.63, 3.8) is 0 Å². The maximum Gasteiger partial charge on any atom is 0.407 e. The normalized spacial score (nSPS) is 11.9. The number of alkyl carbamates (subject to hydrolysis) is 1. The van der Waals surface area contributed by atoms with E-state index in [0.29, 0.717) is 6.42 Å². The molecule has 6 nitrogen and oxygen atoms in total. The van der Waals surface area contributed by atoms with Gasteiger partial charge < -0.3 is 14.8 Å². The third-order valence-corrected chi connectivity index (χ3v) is 5.72. The van der Waals surface area contributed by atoms with Crippen molar-refractivity contribution in [2.75, 3.05) is 6.54 Å². The number of carbonyl (C=O) groups excluding carboxylic acids is 3. The Bertz CT molecular complexity index is 1150. The first-order valence-electron chi connectivity index (χ1n) is 12.6. The summed E-state index contributed by atoms with van der Waals surface area (Å²) in [6.07, 6.45) is 0.256.